The minimum Gasteiger partial charge on any atom is -0.494 e. The van der Waals surface area contributed by atoms with Gasteiger partial charge in [0.25, 0.3) is 0 Å². The fourth-order valence-corrected chi connectivity index (χ4v) is 2.65. The lowest BCUT2D eigenvalue weighted by molar-refractivity contribution is -0.196. The van der Waals surface area contributed by atoms with Crippen LogP contribution in [-0.4, -0.2) is 51.0 Å². The van der Waals surface area contributed by atoms with Crippen LogP contribution in [0, 0.1) is 5.82 Å². The molecular formula is C16H22FNO4. The van der Waals surface area contributed by atoms with E-state index in [9.17, 15) is 9.18 Å². The van der Waals surface area contributed by atoms with Gasteiger partial charge in [0.1, 0.15) is 0 Å². The van der Waals surface area contributed by atoms with Crippen LogP contribution in [0.2, 0.25) is 0 Å². The molecule has 0 atom stereocenters. The first kappa shape index (κ1) is 16.7. The van der Waals surface area contributed by atoms with Crippen LogP contribution in [0.3, 0.4) is 0 Å². The maximum Gasteiger partial charge on any atom is 0.223 e. The number of rotatable bonds is 6. The van der Waals surface area contributed by atoms with Crippen LogP contribution in [0.1, 0.15) is 18.4 Å². The van der Waals surface area contributed by atoms with Crippen molar-refractivity contribution < 1.29 is 23.4 Å². The molecule has 22 heavy (non-hydrogen) atoms. The van der Waals surface area contributed by atoms with E-state index in [0.29, 0.717) is 32.4 Å². The van der Waals surface area contributed by atoms with E-state index in [1.165, 1.54) is 13.2 Å². The number of carbonyl (C=O) groups is 1. The third-order valence-electron chi connectivity index (χ3n) is 4.13. The van der Waals surface area contributed by atoms with Gasteiger partial charge in [-0.15, -0.1) is 0 Å². The average Bonchev–Trinajstić information content (AvgIpc) is 2.99. The number of hydrogen-bond donors (Lipinski definition) is 0. The molecule has 1 aromatic rings. The Morgan fingerprint density at radius 3 is 2.64 bits per heavy atom. The first-order chi connectivity index (χ1) is 10.5. The van der Waals surface area contributed by atoms with Crippen LogP contribution in [0.4, 0.5) is 4.39 Å². The van der Waals surface area contributed by atoms with Gasteiger partial charge in [-0.1, -0.05) is 6.07 Å². The van der Waals surface area contributed by atoms with Gasteiger partial charge in [0.05, 0.1) is 13.7 Å². The summed E-state index contributed by atoms with van der Waals surface area (Å²) in [6.45, 7) is 1.05. The summed E-state index contributed by atoms with van der Waals surface area (Å²) >= 11 is 0. The first-order valence-corrected chi connectivity index (χ1v) is 7.24. The van der Waals surface area contributed by atoms with E-state index in [1.807, 2.05) is 0 Å². The summed E-state index contributed by atoms with van der Waals surface area (Å²) in [6, 6.07) is 4.65. The summed E-state index contributed by atoms with van der Waals surface area (Å²) in [5.74, 6) is -0.848. The van der Waals surface area contributed by atoms with Crippen molar-refractivity contribution in [3.8, 4) is 5.75 Å². The Labute approximate surface area is 130 Å². The second-order valence-corrected chi connectivity index (χ2v) is 5.35. The highest BCUT2D eigenvalue weighted by molar-refractivity contribution is 5.76. The molecule has 1 aliphatic rings. The molecule has 1 amide bonds. The molecule has 0 radical (unpaired) electrons. The summed E-state index contributed by atoms with van der Waals surface area (Å²) < 4.78 is 29.0. The molecule has 0 spiro atoms. The zero-order valence-electron chi connectivity index (χ0n) is 13.2. The highest BCUT2D eigenvalue weighted by atomic mass is 19.1. The van der Waals surface area contributed by atoms with Gasteiger partial charge >= 0.3 is 0 Å². The van der Waals surface area contributed by atoms with Crippen molar-refractivity contribution in [1.29, 1.82) is 0 Å². The van der Waals surface area contributed by atoms with Crippen LogP contribution in [-0.2, 0) is 20.7 Å². The number of nitrogens with zero attached hydrogens (tertiary/aromatic N) is 1. The van der Waals surface area contributed by atoms with Crippen molar-refractivity contribution >= 4 is 5.91 Å². The SMILES string of the molecule is COc1cc(CCC(=O)N2CCC(OC)(OC)C2)ccc1F. The smallest absolute Gasteiger partial charge is 0.223 e. The molecule has 5 nitrogen and oxygen atoms in total. The number of likely N-dealkylation sites (tertiary alicyclic amines) is 1. The largest absolute Gasteiger partial charge is 0.494 e. The number of halogens is 1. The molecule has 0 unspecified atom stereocenters. The molecule has 2 rings (SSSR count). The molecule has 0 N–H and O–H groups in total. The standard InChI is InChI=1S/C16H22FNO4/c1-20-14-10-12(4-6-13(14)17)5-7-15(19)18-9-8-16(11-18,21-2)22-3/h4,6,10H,5,7-9,11H2,1-3H3. The molecule has 0 aliphatic carbocycles. The Morgan fingerprint density at radius 2 is 2.05 bits per heavy atom. The summed E-state index contributed by atoms with van der Waals surface area (Å²) in [6.07, 6.45) is 1.56. The Morgan fingerprint density at radius 1 is 1.32 bits per heavy atom. The van der Waals surface area contributed by atoms with Crippen LogP contribution >= 0.6 is 0 Å². The molecule has 0 aromatic heterocycles. The van der Waals surface area contributed by atoms with Crippen molar-refractivity contribution in [2.45, 2.75) is 25.0 Å². The summed E-state index contributed by atoms with van der Waals surface area (Å²) in [4.78, 5) is 14.0. The van der Waals surface area contributed by atoms with Gasteiger partial charge in [0, 0.05) is 33.6 Å². The monoisotopic (exact) mass is 311 g/mol. The molecular weight excluding hydrogens is 289 g/mol. The molecule has 1 fully saturated rings. The van der Waals surface area contributed by atoms with Crippen LogP contribution in [0.15, 0.2) is 18.2 Å². The molecule has 0 saturated carbocycles. The summed E-state index contributed by atoms with van der Waals surface area (Å²) in [5.41, 5.74) is 0.871. The number of ether oxygens (including phenoxy) is 3. The van der Waals surface area contributed by atoms with Crippen molar-refractivity contribution in [3.05, 3.63) is 29.6 Å². The predicted octanol–water partition coefficient (Wildman–Crippen LogP) is 1.99. The average molecular weight is 311 g/mol. The number of amides is 1. The van der Waals surface area contributed by atoms with E-state index in [4.69, 9.17) is 14.2 Å². The zero-order chi connectivity index (χ0) is 16.2. The van der Waals surface area contributed by atoms with Crippen molar-refractivity contribution in [2.75, 3.05) is 34.4 Å². The lowest BCUT2D eigenvalue weighted by atomic mass is 10.1. The van der Waals surface area contributed by atoms with Gasteiger partial charge in [0.2, 0.25) is 5.91 Å². The minimum atomic E-state index is -0.686. The van der Waals surface area contributed by atoms with Gasteiger partial charge in [-0.2, -0.15) is 0 Å². The zero-order valence-corrected chi connectivity index (χ0v) is 13.2. The van der Waals surface area contributed by atoms with Crippen molar-refractivity contribution in [3.63, 3.8) is 0 Å². The van der Waals surface area contributed by atoms with Gasteiger partial charge in [-0.25, -0.2) is 4.39 Å². The fourth-order valence-electron chi connectivity index (χ4n) is 2.65. The quantitative estimate of drug-likeness (QED) is 0.754. The molecule has 1 saturated heterocycles. The van der Waals surface area contributed by atoms with E-state index in [-0.39, 0.29) is 11.7 Å². The van der Waals surface area contributed by atoms with Gasteiger partial charge in [0.15, 0.2) is 17.4 Å². The third-order valence-corrected chi connectivity index (χ3v) is 4.13. The minimum absolute atomic E-state index is 0.0410. The second-order valence-electron chi connectivity index (χ2n) is 5.35. The van der Waals surface area contributed by atoms with Crippen molar-refractivity contribution in [2.24, 2.45) is 0 Å². The normalized spacial score (nSPS) is 16.8. The highest BCUT2D eigenvalue weighted by Crippen LogP contribution is 2.26. The van der Waals surface area contributed by atoms with Crippen LogP contribution in [0.5, 0.6) is 5.75 Å². The number of hydrogen-bond acceptors (Lipinski definition) is 4. The second kappa shape index (κ2) is 7.07. The lowest BCUT2D eigenvalue weighted by Gasteiger charge is -2.26. The summed E-state index contributed by atoms with van der Waals surface area (Å²) in [5, 5.41) is 0. The van der Waals surface area contributed by atoms with Gasteiger partial charge in [-0.3, -0.25) is 4.79 Å². The topological polar surface area (TPSA) is 48.0 Å². The Kier molecular flexibility index (Phi) is 5.37. The molecule has 1 aromatic carbocycles. The predicted molar refractivity (Wildman–Crippen MR) is 79.2 cm³/mol. The highest BCUT2D eigenvalue weighted by Gasteiger charge is 2.40. The summed E-state index contributed by atoms with van der Waals surface area (Å²) in [7, 11) is 4.59. The Balaban J connectivity index is 1.91. The molecule has 6 heteroatoms. The van der Waals surface area contributed by atoms with E-state index in [1.54, 1.807) is 31.3 Å². The first-order valence-electron chi connectivity index (χ1n) is 7.24. The fraction of sp³-hybridized carbons (Fsp3) is 0.562. The lowest BCUT2D eigenvalue weighted by Crippen LogP contribution is -2.39. The van der Waals surface area contributed by atoms with E-state index >= 15 is 0 Å². The molecule has 0 bridgehead atoms. The Hall–Kier alpha value is -1.66. The number of carbonyl (C=O) groups excluding carboxylic acids is 1. The molecule has 122 valence electrons. The molecule has 1 heterocycles. The van der Waals surface area contributed by atoms with Gasteiger partial charge < -0.3 is 19.1 Å². The van der Waals surface area contributed by atoms with E-state index in [0.717, 1.165) is 5.56 Å². The number of benzene rings is 1. The Bertz CT molecular complexity index is 531. The van der Waals surface area contributed by atoms with E-state index in [2.05, 4.69) is 0 Å². The van der Waals surface area contributed by atoms with Crippen LogP contribution in [0.25, 0.3) is 0 Å². The maximum atomic E-state index is 13.3. The number of methoxy groups -OCH3 is 3. The van der Waals surface area contributed by atoms with Crippen molar-refractivity contribution in [1.82, 2.24) is 4.90 Å². The maximum absolute atomic E-state index is 13.3. The van der Waals surface area contributed by atoms with Crippen LogP contribution < -0.4 is 4.74 Å². The van der Waals surface area contributed by atoms with Gasteiger partial charge in [-0.05, 0) is 24.1 Å². The molecule has 1 aliphatic heterocycles. The van der Waals surface area contributed by atoms with E-state index < -0.39 is 11.6 Å². The third kappa shape index (κ3) is 3.56. The number of aryl methyl sites for hydroxylation is 1.